The molecular formula is C8H4INO2S2. The first kappa shape index (κ1) is 10.2. The molecule has 3 nitrogen and oxygen atoms in total. The summed E-state index contributed by atoms with van der Waals surface area (Å²) in [4.78, 5) is 10.2. The molecular weight excluding hydrogens is 333 g/mol. The Hall–Kier alpha value is -0.340. The number of halogens is 1. The molecule has 14 heavy (non-hydrogen) atoms. The summed E-state index contributed by atoms with van der Waals surface area (Å²) in [5, 5.41) is 11.5. The van der Waals surface area contributed by atoms with Crippen molar-refractivity contribution in [2.24, 2.45) is 0 Å². The highest BCUT2D eigenvalue weighted by Gasteiger charge is 2.11. The van der Waals surface area contributed by atoms with Gasteiger partial charge in [-0.3, -0.25) is 10.1 Å². The van der Waals surface area contributed by atoms with Crippen molar-refractivity contribution in [3.63, 3.8) is 0 Å². The molecule has 0 N–H and O–H groups in total. The molecule has 0 fully saturated rings. The normalized spacial score (nSPS) is 10.7. The smallest absolute Gasteiger partial charge is 0.258 e. The van der Waals surface area contributed by atoms with Crippen molar-refractivity contribution in [3.8, 4) is 0 Å². The molecule has 1 aromatic heterocycles. The van der Waals surface area contributed by atoms with Gasteiger partial charge in [0.15, 0.2) is 0 Å². The van der Waals surface area contributed by atoms with Crippen molar-refractivity contribution < 1.29 is 4.92 Å². The Kier molecular flexibility index (Phi) is 2.67. The van der Waals surface area contributed by atoms with Gasteiger partial charge in [-0.05, 0) is 28.7 Å². The van der Waals surface area contributed by atoms with Crippen LogP contribution in [0.3, 0.4) is 0 Å². The van der Waals surface area contributed by atoms with Gasteiger partial charge in [0.25, 0.3) is 5.69 Å². The van der Waals surface area contributed by atoms with E-state index in [2.05, 4.69) is 35.2 Å². The molecule has 6 heteroatoms. The highest BCUT2D eigenvalue weighted by Crippen LogP contribution is 2.34. The van der Waals surface area contributed by atoms with Crippen LogP contribution < -0.4 is 0 Å². The van der Waals surface area contributed by atoms with E-state index >= 15 is 0 Å². The summed E-state index contributed by atoms with van der Waals surface area (Å²) in [6, 6.07) is 5.00. The highest BCUT2D eigenvalue weighted by atomic mass is 127. The van der Waals surface area contributed by atoms with Gasteiger partial charge in [-0.25, -0.2) is 0 Å². The topological polar surface area (TPSA) is 43.1 Å². The third-order valence-electron chi connectivity index (χ3n) is 1.75. The summed E-state index contributed by atoms with van der Waals surface area (Å²) in [6.07, 6.45) is 0. The van der Waals surface area contributed by atoms with Gasteiger partial charge in [-0.2, -0.15) is 0 Å². The molecule has 1 heterocycles. The number of hydrogen-bond donors (Lipinski definition) is 1. The maximum Gasteiger partial charge on any atom is 0.271 e. The third kappa shape index (κ3) is 1.73. The molecule has 2 aromatic rings. The minimum absolute atomic E-state index is 0.132. The maximum absolute atomic E-state index is 10.6. The molecule has 0 amide bonds. The lowest BCUT2D eigenvalue weighted by Crippen LogP contribution is -1.87. The summed E-state index contributed by atoms with van der Waals surface area (Å²) in [7, 11) is 0. The fraction of sp³-hybridized carbons (Fsp3) is 0. The lowest BCUT2D eigenvalue weighted by Gasteiger charge is -1.94. The predicted octanol–water partition coefficient (Wildman–Crippen LogP) is 3.70. The van der Waals surface area contributed by atoms with E-state index in [0.29, 0.717) is 0 Å². The van der Waals surface area contributed by atoms with Crippen LogP contribution in [0.2, 0.25) is 0 Å². The number of rotatable bonds is 1. The van der Waals surface area contributed by atoms with Crippen LogP contribution in [0, 0.1) is 13.7 Å². The van der Waals surface area contributed by atoms with Crippen LogP contribution in [0.25, 0.3) is 10.1 Å². The standard InChI is InChI=1S/C8H4INO2S2/c9-6-3-5(10(11)12)1-4-2-7(13)14-8(4)6/h1-3,13H. The first-order valence-corrected chi connectivity index (χ1v) is 5.98. The van der Waals surface area contributed by atoms with Gasteiger partial charge in [-0.1, -0.05) is 0 Å². The van der Waals surface area contributed by atoms with Gasteiger partial charge in [-0.15, -0.1) is 24.0 Å². The molecule has 0 bridgehead atoms. The van der Waals surface area contributed by atoms with Crippen LogP contribution in [0.1, 0.15) is 0 Å². The van der Waals surface area contributed by atoms with E-state index in [-0.39, 0.29) is 10.6 Å². The van der Waals surface area contributed by atoms with Crippen molar-refractivity contribution in [2.75, 3.05) is 0 Å². The maximum atomic E-state index is 10.6. The number of benzene rings is 1. The van der Waals surface area contributed by atoms with Crippen LogP contribution in [0.5, 0.6) is 0 Å². The minimum atomic E-state index is -0.378. The minimum Gasteiger partial charge on any atom is -0.258 e. The zero-order valence-electron chi connectivity index (χ0n) is 6.73. The molecule has 72 valence electrons. The molecule has 0 aliphatic carbocycles. The number of hydrogen-bond acceptors (Lipinski definition) is 4. The van der Waals surface area contributed by atoms with Crippen molar-refractivity contribution in [2.45, 2.75) is 4.21 Å². The highest BCUT2D eigenvalue weighted by molar-refractivity contribution is 14.1. The van der Waals surface area contributed by atoms with E-state index in [0.717, 1.165) is 17.9 Å². The Morgan fingerprint density at radius 1 is 1.43 bits per heavy atom. The van der Waals surface area contributed by atoms with Gasteiger partial charge < -0.3 is 0 Å². The fourth-order valence-corrected chi connectivity index (χ4v) is 3.35. The van der Waals surface area contributed by atoms with E-state index in [1.54, 1.807) is 12.1 Å². The molecule has 0 saturated heterocycles. The van der Waals surface area contributed by atoms with Crippen LogP contribution in [0.15, 0.2) is 22.4 Å². The molecule has 0 unspecified atom stereocenters. The lowest BCUT2D eigenvalue weighted by molar-refractivity contribution is -0.384. The molecule has 2 rings (SSSR count). The number of thiol groups is 1. The number of nitrogens with zero attached hydrogens (tertiary/aromatic N) is 1. The third-order valence-corrected chi connectivity index (χ3v) is 4.36. The zero-order valence-corrected chi connectivity index (χ0v) is 10.6. The Morgan fingerprint density at radius 2 is 2.14 bits per heavy atom. The van der Waals surface area contributed by atoms with Crippen molar-refractivity contribution in [1.82, 2.24) is 0 Å². The van der Waals surface area contributed by atoms with Crippen LogP contribution in [0.4, 0.5) is 5.69 Å². The monoisotopic (exact) mass is 337 g/mol. The van der Waals surface area contributed by atoms with E-state index in [9.17, 15) is 10.1 Å². The lowest BCUT2D eigenvalue weighted by atomic mass is 10.2. The first-order chi connectivity index (χ1) is 6.58. The zero-order chi connectivity index (χ0) is 10.3. The van der Waals surface area contributed by atoms with E-state index in [4.69, 9.17) is 0 Å². The summed E-state index contributed by atoms with van der Waals surface area (Å²) in [6.45, 7) is 0. The molecule has 1 aromatic carbocycles. The Bertz CT molecular complexity index is 523. The van der Waals surface area contributed by atoms with Crippen LogP contribution in [-0.4, -0.2) is 4.92 Å². The summed E-state index contributed by atoms with van der Waals surface area (Å²) >= 11 is 7.86. The first-order valence-electron chi connectivity index (χ1n) is 3.64. The molecule has 0 spiro atoms. The number of thiophene rings is 1. The van der Waals surface area contributed by atoms with E-state index < -0.39 is 0 Å². The molecule has 0 aliphatic heterocycles. The Balaban J connectivity index is 2.77. The second-order valence-electron chi connectivity index (χ2n) is 2.69. The van der Waals surface area contributed by atoms with E-state index in [1.165, 1.54) is 11.3 Å². The quantitative estimate of drug-likeness (QED) is 0.373. The largest absolute Gasteiger partial charge is 0.271 e. The summed E-state index contributed by atoms with van der Waals surface area (Å²) < 4.78 is 2.83. The number of fused-ring (bicyclic) bond motifs is 1. The molecule has 0 saturated carbocycles. The van der Waals surface area contributed by atoms with E-state index in [1.807, 2.05) is 6.07 Å². The SMILES string of the molecule is O=[N+]([O-])c1cc(I)c2sc(S)cc2c1. The van der Waals surface area contributed by atoms with Gasteiger partial charge in [0, 0.05) is 25.8 Å². The number of non-ortho nitro benzene ring substituents is 1. The van der Waals surface area contributed by atoms with Gasteiger partial charge >= 0.3 is 0 Å². The fourth-order valence-electron chi connectivity index (χ4n) is 1.19. The molecule has 0 radical (unpaired) electrons. The van der Waals surface area contributed by atoms with Gasteiger partial charge in [0.2, 0.25) is 0 Å². The number of nitro groups is 1. The van der Waals surface area contributed by atoms with Crippen molar-refractivity contribution >= 4 is 62.3 Å². The predicted molar refractivity (Wildman–Crippen MR) is 68.4 cm³/mol. The van der Waals surface area contributed by atoms with Gasteiger partial charge in [0.05, 0.1) is 9.13 Å². The summed E-state index contributed by atoms with van der Waals surface area (Å²) in [5.74, 6) is 0. The van der Waals surface area contributed by atoms with Crippen LogP contribution in [-0.2, 0) is 0 Å². The second kappa shape index (κ2) is 3.67. The van der Waals surface area contributed by atoms with Crippen molar-refractivity contribution in [3.05, 3.63) is 31.9 Å². The number of nitro benzene ring substituents is 1. The average molecular weight is 337 g/mol. The molecule has 0 atom stereocenters. The average Bonchev–Trinajstić information content (AvgIpc) is 2.45. The Labute approximate surface area is 103 Å². The van der Waals surface area contributed by atoms with Gasteiger partial charge in [0.1, 0.15) is 0 Å². The Morgan fingerprint density at radius 3 is 2.79 bits per heavy atom. The molecule has 0 aliphatic rings. The second-order valence-corrected chi connectivity index (χ2v) is 5.69. The summed E-state index contributed by atoms with van der Waals surface area (Å²) in [5.41, 5.74) is 0.132. The van der Waals surface area contributed by atoms with Crippen LogP contribution >= 0.6 is 46.6 Å². The van der Waals surface area contributed by atoms with Crippen molar-refractivity contribution in [1.29, 1.82) is 0 Å².